The number of aryl methyl sites for hydroxylation is 1. The summed E-state index contributed by atoms with van der Waals surface area (Å²) in [6, 6.07) is 14.5. The summed E-state index contributed by atoms with van der Waals surface area (Å²) in [5.74, 6) is 1.00. The van der Waals surface area contributed by atoms with Crippen LogP contribution in [0.4, 0.5) is 0 Å². The molecule has 2 aromatic carbocycles. The van der Waals surface area contributed by atoms with Gasteiger partial charge >= 0.3 is 0 Å². The molecule has 2 amide bonds. The first-order valence-corrected chi connectivity index (χ1v) is 8.09. The fourth-order valence-corrected chi connectivity index (χ4v) is 2.17. The van der Waals surface area contributed by atoms with Crippen molar-refractivity contribution in [1.29, 1.82) is 0 Å². The first-order valence-electron chi connectivity index (χ1n) is 8.09. The normalized spacial score (nSPS) is 9.92. The first kappa shape index (κ1) is 19.1. The SMILES string of the molecule is COc1ccc(CCC(=O)NNC(=O)COc2ccccc2OC)cc1. The highest BCUT2D eigenvalue weighted by atomic mass is 16.5. The Morgan fingerprint density at radius 1 is 0.846 bits per heavy atom. The number of para-hydroxylation sites is 2. The molecule has 0 saturated heterocycles. The van der Waals surface area contributed by atoms with Gasteiger partial charge in [0.2, 0.25) is 5.91 Å². The third-order valence-corrected chi connectivity index (χ3v) is 3.57. The maximum Gasteiger partial charge on any atom is 0.276 e. The number of methoxy groups -OCH3 is 2. The Balaban J connectivity index is 1.68. The van der Waals surface area contributed by atoms with Crippen molar-refractivity contribution < 1.29 is 23.8 Å². The molecule has 0 bridgehead atoms. The van der Waals surface area contributed by atoms with Crippen LogP contribution >= 0.6 is 0 Å². The van der Waals surface area contributed by atoms with E-state index in [2.05, 4.69) is 10.9 Å². The van der Waals surface area contributed by atoms with Crippen LogP contribution in [0.2, 0.25) is 0 Å². The minimum absolute atomic E-state index is 0.237. The molecule has 0 spiro atoms. The number of hydrazine groups is 1. The van der Waals surface area contributed by atoms with Crippen molar-refractivity contribution in [2.75, 3.05) is 20.8 Å². The molecule has 0 aliphatic rings. The van der Waals surface area contributed by atoms with Gasteiger partial charge in [0.1, 0.15) is 5.75 Å². The summed E-state index contributed by atoms with van der Waals surface area (Å²) >= 11 is 0. The summed E-state index contributed by atoms with van der Waals surface area (Å²) in [5, 5.41) is 0. The fourth-order valence-electron chi connectivity index (χ4n) is 2.17. The van der Waals surface area contributed by atoms with Gasteiger partial charge in [-0.2, -0.15) is 0 Å². The number of ether oxygens (including phenoxy) is 3. The third-order valence-electron chi connectivity index (χ3n) is 3.57. The van der Waals surface area contributed by atoms with Crippen LogP contribution in [0.15, 0.2) is 48.5 Å². The molecule has 7 nitrogen and oxygen atoms in total. The maximum absolute atomic E-state index is 11.8. The predicted octanol–water partition coefficient (Wildman–Crippen LogP) is 1.86. The molecule has 2 rings (SSSR count). The lowest BCUT2D eigenvalue weighted by molar-refractivity contribution is -0.130. The van der Waals surface area contributed by atoms with E-state index in [-0.39, 0.29) is 18.9 Å². The summed E-state index contributed by atoms with van der Waals surface area (Å²) in [6.07, 6.45) is 0.809. The highest BCUT2D eigenvalue weighted by molar-refractivity contribution is 5.82. The van der Waals surface area contributed by atoms with Gasteiger partial charge in [-0.15, -0.1) is 0 Å². The number of carbonyl (C=O) groups excluding carboxylic acids is 2. The van der Waals surface area contributed by atoms with Crippen LogP contribution in [0.3, 0.4) is 0 Å². The Kier molecular flexibility index (Phi) is 7.30. The molecule has 0 atom stereocenters. The maximum atomic E-state index is 11.8. The molecular weight excluding hydrogens is 336 g/mol. The van der Waals surface area contributed by atoms with Crippen molar-refractivity contribution in [3.8, 4) is 17.2 Å². The minimum atomic E-state index is -0.464. The van der Waals surface area contributed by atoms with Crippen LogP contribution in [-0.4, -0.2) is 32.6 Å². The molecule has 0 radical (unpaired) electrons. The minimum Gasteiger partial charge on any atom is -0.497 e. The molecular formula is C19H22N2O5. The molecule has 0 fully saturated rings. The molecule has 2 aromatic rings. The van der Waals surface area contributed by atoms with Crippen molar-refractivity contribution in [3.05, 3.63) is 54.1 Å². The number of hydrogen-bond acceptors (Lipinski definition) is 5. The summed E-state index contributed by atoms with van der Waals surface area (Å²) in [7, 11) is 3.12. The second kappa shape index (κ2) is 9.93. The van der Waals surface area contributed by atoms with E-state index >= 15 is 0 Å². The third kappa shape index (κ3) is 6.01. The lowest BCUT2D eigenvalue weighted by Gasteiger charge is -2.11. The molecule has 7 heteroatoms. The number of rotatable bonds is 8. The first-order chi connectivity index (χ1) is 12.6. The van der Waals surface area contributed by atoms with Crippen molar-refractivity contribution in [2.24, 2.45) is 0 Å². The van der Waals surface area contributed by atoms with Crippen molar-refractivity contribution >= 4 is 11.8 Å². The van der Waals surface area contributed by atoms with Gasteiger partial charge in [0.25, 0.3) is 5.91 Å². The topological polar surface area (TPSA) is 85.9 Å². The van der Waals surface area contributed by atoms with Gasteiger partial charge in [-0.3, -0.25) is 20.4 Å². The monoisotopic (exact) mass is 358 g/mol. The van der Waals surface area contributed by atoms with Gasteiger partial charge in [0, 0.05) is 6.42 Å². The van der Waals surface area contributed by atoms with E-state index in [0.717, 1.165) is 11.3 Å². The van der Waals surface area contributed by atoms with Crippen LogP contribution in [-0.2, 0) is 16.0 Å². The van der Waals surface area contributed by atoms with Crippen LogP contribution < -0.4 is 25.1 Å². The van der Waals surface area contributed by atoms with E-state index in [1.165, 1.54) is 7.11 Å². The summed E-state index contributed by atoms with van der Waals surface area (Å²) in [4.78, 5) is 23.6. The van der Waals surface area contributed by atoms with Crippen LogP contribution in [0.25, 0.3) is 0 Å². The van der Waals surface area contributed by atoms with Crippen molar-refractivity contribution in [3.63, 3.8) is 0 Å². The molecule has 0 unspecified atom stereocenters. The fraction of sp³-hybridized carbons (Fsp3) is 0.263. The highest BCUT2D eigenvalue weighted by Gasteiger charge is 2.08. The lowest BCUT2D eigenvalue weighted by atomic mass is 10.1. The number of hydrogen-bond donors (Lipinski definition) is 2. The van der Waals surface area contributed by atoms with E-state index in [9.17, 15) is 9.59 Å². The van der Waals surface area contributed by atoms with Gasteiger partial charge in [-0.05, 0) is 36.2 Å². The van der Waals surface area contributed by atoms with E-state index in [1.54, 1.807) is 31.4 Å². The molecule has 0 saturated carbocycles. The second-order valence-electron chi connectivity index (χ2n) is 5.38. The molecule has 0 aliphatic heterocycles. The van der Waals surface area contributed by atoms with E-state index in [4.69, 9.17) is 14.2 Å². The van der Waals surface area contributed by atoms with Crippen LogP contribution in [0, 0.1) is 0 Å². The molecule has 26 heavy (non-hydrogen) atoms. The van der Waals surface area contributed by atoms with Gasteiger partial charge in [-0.25, -0.2) is 0 Å². The van der Waals surface area contributed by atoms with Gasteiger partial charge in [0.05, 0.1) is 14.2 Å². The predicted molar refractivity (Wildman–Crippen MR) is 96.1 cm³/mol. The summed E-state index contributed by atoms with van der Waals surface area (Å²) in [6.45, 7) is -0.237. The Morgan fingerprint density at radius 2 is 1.50 bits per heavy atom. The zero-order valence-corrected chi connectivity index (χ0v) is 14.8. The molecule has 0 aromatic heterocycles. The Hall–Kier alpha value is -3.22. The zero-order valence-electron chi connectivity index (χ0n) is 14.8. The van der Waals surface area contributed by atoms with E-state index in [0.29, 0.717) is 17.9 Å². The summed E-state index contributed by atoms with van der Waals surface area (Å²) in [5.41, 5.74) is 5.69. The smallest absolute Gasteiger partial charge is 0.276 e. The average Bonchev–Trinajstić information content (AvgIpc) is 2.69. The highest BCUT2D eigenvalue weighted by Crippen LogP contribution is 2.25. The van der Waals surface area contributed by atoms with E-state index < -0.39 is 5.91 Å². The van der Waals surface area contributed by atoms with Crippen molar-refractivity contribution in [1.82, 2.24) is 10.9 Å². The number of amides is 2. The largest absolute Gasteiger partial charge is 0.497 e. The molecule has 2 N–H and O–H groups in total. The Labute approximate surface area is 152 Å². The molecule has 138 valence electrons. The number of benzene rings is 2. The number of nitrogens with one attached hydrogen (secondary N) is 2. The lowest BCUT2D eigenvalue weighted by Crippen LogP contribution is -2.43. The quantitative estimate of drug-likeness (QED) is 0.704. The Bertz CT molecular complexity index is 731. The van der Waals surface area contributed by atoms with Gasteiger partial charge in [-0.1, -0.05) is 24.3 Å². The number of carbonyl (C=O) groups is 2. The Morgan fingerprint density at radius 3 is 2.15 bits per heavy atom. The average molecular weight is 358 g/mol. The second-order valence-corrected chi connectivity index (χ2v) is 5.38. The summed E-state index contributed by atoms with van der Waals surface area (Å²) < 4.78 is 15.6. The van der Waals surface area contributed by atoms with Crippen LogP contribution in [0.5, 0.6) is 17.2 Å². The van der Waals surface area contributed by atoms with Crippen molar-refractivity contribution in [2.45, 2.75) is 12.8 Å². The van der Waals surface area contributed by atoms with Gasteiger partial charge in [0.15, 0.2) is 18.1 Å². The zero-order chi connectivity index (χ0) is 18.8. The van der Waals surface area contributed by atoms with Crippen LogP contribution in [0.1, 0.15) is 12.0 Å². The van der Waals surface area contributed by atoms with E-state index in [1.807, 2.05) is 24.3 Å². The molecule has 0 heterocycles. The standard InChI is InChI=1S/C19H22N2O5/c1-24-15-10-7-14(8-11-15)9-12-18(22)20-21-19(23)13-26-17-6-4-3-5-16(17)25-2/h3-8,10-11H,9,12-13H2,1-2H3,(H,20,22)(H,21,23). The molecule has 0 aliphatic carbocycles. The van der Waals surface area contributed by atoms with Gasteiger partial charge < -0.3 is 14.2 Å².